The molecule has 2 unspecified atom stereocenters. The summed E-state index contributed by atoms with van der Waals surface area (Å²) in [4.78, 5) is 21.2. The summed E-state index contributed by atoms with van der Waals surface area (Å²) < 4.78 is 38.8. The Balaban J connectivity index is 3.81. The minimum atomic E-state index is -4.18. The van der Waals surface area contributed by atoms with Crippen molar-refractivity contribution < 1.29 is 41.4 Å². The first kappa shape index (κ1) is 36.1. The van der Waals surface area contributed by atoms with Crippen LogP contribution < -0.4 is 0 Å². The first-order valence-electron chi connectivity index (χ1n) is 13.3. The monoisotopic (exact) mass is 588 g/mol. The number of carbonyl (C=O) groups excluding carboxylic acids is 1. The molecular formula is C23H53O9PSi3. The van der Waals surface area contributed by atoms with Crippen LogP contribution in [0.3, 0.4) is 0 Å². The van der Waals surface area contributed by atoms with Crippen molar-refractivity contribution in [2.45, 2.75) is 123 Å². The smallest absolute Gasteiger partial charge is 0.463 e. The van der Waals surface area contributed by atoms with Gasteiger partial charge in [-0.3, -0.25) is 13.8 Å². The molecule has 2 N–H and O–H groups in total. The van der Waals surface area contributed by atoms with Gasteiger partial charge in [-0.05, 0) is 64.7 Å². The number of hydrogen-bond donors (Lipinski definition) is 2. The second kappa shape index (κ2) is 17.6. The lowest BCUT2D eigenvalue weighted by Gasteiger charge is -2.37. The Morgan fingerprint density at radius 2 is 1.39 bits per heavy atom. The zero-order valence-electron chi connectivity index (χ0n) is 24.0. The highest BCUT2D eigenvalue weighted by molar-refractivity contribution is 7.47. The van der Waals surface area contributed by atoms with E-state index in [0.29, 0.717) is 12.8 Å². The highest BCUT2D eigenvalue weighted by Gasteiger charge is 2.37. The topological polar surface area (TPSA) is 121 Å². The van der Waals surface area contributed by atoms with E-state index in [4.69, 9.17) is 13.0 Å². The molecule has 9 nitrogen and oxygen atoms in total. The second-order valence-electron chi connectivity index (χ2n) is 11.4. The average Bonchev–Trinajstić information content (AvgIpc) is 2.71. The van der Waals surface area contributed by atoms with Crippen molar-refractivity contribution in [1.82, 2.24) is 0 Å². The van der Waals surface area contributed by atoms with E-state index in [1.165, 1.54) is 19.3 Å². The van der Waals surface area contributed by atoms with Crippen molar-refractivity contribution in [2.75, 3.05) is 19.8 Å². The molecule has 0 spiro atoms. The molecule has 0 saturated carbocycles. The summed E-state index contributed by atoms with van der Waals surface area (Å²) in [6, 6.07) is 1.16. The van der Waals surface area contributed by atoms with Crippen molar-refractivity contribution in [3.8, 4) is 0 Å². The number of phosphoric acid groups is 1. The number of rotatable bonds is 22. The summed E-state index contributed by atoms with van der Waals surface area (Å²) in [7, 11) is -9.55. The van der Waals surface area contributed by atoms with Crippen LogP contribution in [-0.2, 0) is 31.4 Å². The number of carbonyl (C=O) groups is 1. The number of unbranched alkanes of at least 4 members (excludes halogenated alkanes) is 6. The molecule has 36 heavy (non-hydrogen) atoms. The fourth-order valence-electron chi connectivity index (χ4n) is 3.91. The van der Waals surface area contributed by atoms with Crippen LogP contribution in [0.4, 0.5) is 0 Å². The molecule has 0 rings (SSSR count). The Hall–Kier alpha value is 0.111. The summed E-state index contributed by atoms with van der Waals surface area (Å²) in [5.41, 5.74) is 0. The van der Waals surface area contributed by atoms with Crippen molar-refractivity contribution in [3.05, 3.63) is 0 Å². The average molecular weight is 589 g/mol. The predicted octanol–water partition coefficient (Wildman–Crippen LogP) is 6.33. The van der Waals surface area contributed by atoms with Gasteiger partial charge in [0.15, 0.2) is 16.6 Å². The van der Waals surface area contributed by atoms with E-state index in [-0.39, 0.29) is 19.2 Å². The maximum absolute atomic E-state index is 11.8. The Bertz CT molecular complexity index is 657. The van der Waals surface area contributed by atoms with E-state index in [0.717, 1.165) is 31.7 Å². The molecule has 0 saturated heterocycles. The van der Waals surface area contributed by atoms with E-state index in [1.807, 2.05) is 0 Å². The van der Waals surface area contributed by atoms with Crippen LogP contribution >= 0.6 is 7.82 Å². The van der Waals surface area contributed by atoms with Gasteiger partial charge in [0.05, 0.1) is 13.2 Å². The molecule has 2 atom stereocenters. The lowest BCUT2D eigenvalue weighted by atomic mass is 10.1. The van der Waals surface area contributed by atoms with E-state index >= 15 is 0 Å². The predicted molar refractivity (Wildman–Crippen MR) is 151 cm³/mol. The quantitative estimate of drug-likeness (QED) is 0.0647. The number of aliphatic hydroxyl groups is 1. The van der Waals surface area contributed by atoms with Crippen LogP contribution in [0.25, 0.3) is 0 Å². The zero-order chi connectivity index (χ0) is 27.9. The summed E-state index contributed by atoms with van der Waals surface area (Å²) in [6.45, 7) is 16.8. The Labute approximate surface area is 222 Å². The maximum atomic E-state index is 11.8. The van der Waals surface area contributed by atoms with E-state index in [9.17, 15) is 19.4 Å². The van der Waals surface area contributed by atoms with Crippen LogP contribution in [-0.4, -0.2) is 67.1 Å². The van der Waals surface area contributed by atoms with E-state index < -0.39 is 45.7 Å². The van der Waals surface area contributed by atoms with E-state index in [1.54, 1.807) is 6.92 Å². The van der Waals surface area contributed by atoms with Crippen LogP contribution in [0, 0.1) is 0 Å². The lowest BCUT2D eigenvalue weighted by molar-refractivity contribution is -0.147. The molecule has 0 fully saturated rings. The molecule has 0 aromatic rings. The van der Waals surface area contributed by atoms with Gasteiger partial charge in [-0.2, -0.15) is 0 Å². The molecule has 216 valence electrons. The molecule has 0 bridgehead atoms. The van der Waals surface area contributed by atoms with Gasteiger partial charge in [-0.15, -0.1) is 0 Å². The molecule has 0 aromatic heterocycles. The first-order valence-corrected chi connectivity index (χ1v) is 24.2. The van der Waals surface area contributed by atoms with Gasteiger partial charge >= 0.3 is 22.4 Å². The number of phosphoric ester groups is 1. The minimum Gasteiger partial charge on any atom is -0.463 e. The van der Waals surface area contributed by atoms with E-state index in [2.05, 4.69) is 54.9 Å². The largest absolute Gasteiger partial charge is 0.472 e. The van der Waals surface area contributed by atoms with Gasteiger partial charge in [0.2, 0.25) is 0 Å². The first-order chi connectivity index (χ1) is 16.5. The summed E-state index contributed by atoms with van der Waals surface area (Å²) in [6.07, 6.45) is 7.17. The summed E-state index contributed by atoms with van der Waals surface area (Å²) in [5.74, 6) is -0.389. The molecule has 0 heterocycles. The van der Waals surface area contributed by atoms with Crippen molar-refractivity contribution in [1.29, 1.82) is 0 Å². The third-order valence-electron chi connectivity index (χ3n) is 5.06. The summed E-state index contributed by atoms with van der Waals surface area (Å²) in [5, 5.41) is 9.75. The molecular weight excluding hydrogens is 535 g/mol. The van der Waals surface area contributed by atoms with Crippen LogP contribution in [0.2, 0.25) is 51.9 Å². The molecule has 0 aromatic carbocycles. The highest BCUT2D eigenvalue weighted by atomic mass is 31.2. The fourth-order valence-corrected chi connectivity index (χ4v) is 18.0. The maximum Gasteiger partial charge on any atom is 0.472 e. The molecule has 0 amide bonds. The highest BCUT2D eigenvalue weighted by Crippen LogP contribution is 2.43. The number of ether oxygens (including phenoxy) is 1. The van der Waals surface area contributed by atoms with Crippen LogP contribution in [0.1, 0.15) is 64.7 Å². The number of aliphatic hydroxyl groups excluding tert-OH is 1. The van der Waals surface area contributed by atoms with Gasteiger partial charge in [0.25, 0.3) is 0 Å². The zero-order valence-corrected chi connectivity index (χ0v) is 27.9. The van der Waals surface area contributed by atoms with Crippen molar-refractivity contribution in [2.24, 2.45) is 0 Å². The third kappa shape index (κ3) is 22.1. The normalized spacial score (nSPS) is 15.5. The Morgan fingerprint density at radius 3 is 1.94 bits per heavy atom. The minimum absolute atomic E-state index is 0.0854. The molecule has 0 radical (unpaired) electrons. The second-order valence-corrected chi connectivity index (χ2v) is 25.5. The third-order valence-corrected chi connectivity index (χ3v) is 16.2. The molecule has 0 aliphatic carbocycles. The van der Waals surface area contributed by atoms with Crippen molar-refractivity contribution >= 4 is 39.0 Å². The van der Waals surface area contributed by atoms with Crippen molar-refractivity contribution in [3.63, 3.8) is 0 Å². The van der Waals surface area contributed by atoms with Crippen LogP contribution in [0.15, 0.2) is 0 Å². The van der Waals surface area contributed by atoms with Gasteiger partial charge in [-0.25, -0.2) is 4.57 Å². The molecule has 13 heteroatoms. The Kier molecular flexibility index (Phi) is 17.7. The number of esters is 1. The fraction of sp³-hybridized carbons (Fsp3) is 0.957. The van der Waals surface area contributed by atoms with Gasteiger partial charge in [0.1, 0.15) is 12.7 Å². The van der Waals surface area contributed by atoms with Gasteiger partial charge < -0.3 is 23.0 Å². The standard InChI is InChI=1S/C23H53O9PSi3/c1-9-18-29-33(26,27)30-21-22(24)20-28-23(25)17-15-13-11-10-12-14-16-19-35(5,6)32-36(7,8)31-34(2,3)4/h22,24H,9-21H2,1-8H3,(H,26,27). The van der Waals surface area contributed by atoms with Gasteiger partial charge in [-0.1, -0.05) is 45.4 Å². The number of hydrogen-bond acceptors (Lipinski definition) is 8. The lowest BCUT2D eigenvalue weighted by Crippen LogP contribution is -2.51. The Morgan fingerprint density at radius 1 is 0.833 bits per heavy atom. The van der Waals surface area contributed by atoms with Crippen LogP contribution in [0.5, 0.6) is 0 Å². The SMILES string of the molecule is CCCOP(=O)(O)OCC(O)COC(=O)CCCCCCCCC[Si](C)(C)O[Si](C)(C)O[Si](C)(C)C. The molecule has 0 aliphatic heterocycles. The summed E-state index contributed by atoms with van der Waals surface area (Å²) >= 11 is 0. The molecule has 0 aliphatic rings. The van der Waals surface area contributed by atoms with Gasteiger partial charge in [0, 0.05) is 6.42 Å².